The van der Waals surface area contributed by atoms with Crippen LogP contribution in [0.1, 0.15) is 43.0 Å². The first-order valence-corrected chi connectivity index (χ1v) is 7.66. The molecular weight excluding hydrogens is 232 g/mol. The zero-order valence-corrected chi connectivity index (χ0v) is 12.9. The van der Waals surface area contributed by atoms with Gasteiger partial charge in [0.1, 0.15) is 0 Å². The summed E-state index contributed by atoms with van der Waals surface area (Å²) in [4.78, 5) is 2.68. The number of nitrogens with one attached hydrogen (secondary N) is 1. The van der Waals surface area contributed by atoms with Gasteiger partial charge in [-0.25, -0.2) is 0 Å². The Hall–Kier alpha value is -0.860. The number of aryl methyl sites for hydroxylation is 2. The molecule has 0 aromatic heterocycles. The normalized spacial score (nSPS) is 20.2. The van der Waals surface area contributed by atoms with E-state index in [1.165, 1.54) is 30.6 Å². The predicted octanol–water partition coefficient (Wildman–Crippen LogP) is 3.30. The Balaban J connectivity index is 2.36. The maximum atomic E-state index is 3.47. The zero-order chi connectivity index (χ0) is 13.8. The molecule has 19 heavy (non-hydrogen) atoms. The molecule has 2 nitrogen and oxygen atoms in total. The largest absolute Gasteiger partial charge is 0.314 e. The smallest absolute Gasteiger partial charge is 0.0379 e. The van der Waals surface area contributed by atoms with Crippen molar-refractivity contribution in [1.82, 2.24) is 10.2 Å². The first-order chi connectivity index (χ1) is 9.15. The highest BCUT2D eigenvalue weighted by molar-refractivity contribution is 5.36. The fourth-order valence-electron chi connectivity index (χ4n) is 3.30. The van der Waals surface area contributed by atoms with Crippen LogP contribution < -0.4 is 5.32 Å². The fourth-order valence-corrected chi connectivity index (χ4v) is 3.30. The van der Waals surface area contributed by atoms with Crippen molar-refractivity contribution in [3.63, 3.8) is 0 Å². The predicted molar refractivity (Wildman–Crippen MR) is 82.6 cm³/mol. The highest BCUT2D eigenvalue weighted by Gasteiger charge is 2.28. The van der Waals surface area contributed by atoms with Gasteiger partial charge >= 0.3 is 0 Å². The molecule has 0 aliphatic carbocycles. The summed E-state index contributed by atoms with van der Waals surface area (Å²) in [5.74, 6) is 0.706. The van der Waals surface area contributed by atoms with Gasteiger partial charge in [-0.1, -0.05) is 38.5 Å². The summed E-state index contributed by atoms with van der Waals surface area (Å²) in [6.07, 6.45) is 1.24. The van der Waals surface area contributed by atoms with Gasteiger partial charge in [-0.3, -0.25) is 4.90 Å². The van der Waals surface area contributed by atoms with Crippen LogP contribution in [0, 0.1) is 19.8 Å². The van der Waals surface area contributed by atoms with Gasteiger partial charge in [0.25, 0.3) is 0 Å². The van der Waals surface area contributed by atoms with Gasteiger partial charge in [0.05, 0.1) is 0 Å². The van der Waals surface area contributed by atoms with Crippen LogP contribution in [-0.4, -0.2) is 31.1 Å². The molecule has 0 spiro atoms. The van der Waals surface area contributed by atoms with Gasteiger partial charge in [0.2, 0.25) is 0 Å². The number of nitrogens with zero attached hydrogens (tertiary/aromatic N) is 1. The van der Waals surface area contributed by atoms with E-state index >= 15 is 0 Å². The molecule has 1 N–H and O–H groups in total. The zero-order valence-electron chi connectivity index (χ0n) is 12.9. The molecule has 0 bridgehead atoms. The second kappa shape index (κ2) is 6.53. The molecule has 1 aliphatic heterocycles. The molecule has 1 unspecified atom stereocenters. The minimum absolute atomic E-state index is 0.577. The summed E-state index contributed by atoms with van der Waals surface area (Å²) in [6.45, 7) is 13.8. The van der Waals surface area contributed by atoms with Crippen LogP contribution in [-0.2, 0) is 0 Å². The standard InChI is InChI=1S/C17H28N2/c1-5-13(2)17(19-11-9-18-10-12-19)16-14(3)7-6-8-15(16)4/h6-8,13,17-18H,5,9-12H2,1-4H3/t13?,17-/m0/s1. The maximum Gasteiger partial charge on any atom is 0.0379 e. The Bertz CT molecular complexity index is 387. The molecule has 106 valence electrons. The van der Waals surface area contributed by atoms with E-state index in [4.69, 9.17) is 0 Å². The van der Waals surface area contributed by atoms with Gasteiger partial charge in [-0.15, -0.1) is 0 Å². The first-order valence-electron chi connectivity index (χ1n) is 7.66. The van der Waals surface area contributed by atoms with E-state index in [1.54, 1.807) is 5.56 Å². The van der Waals surface area contributed by atoms with Crippen LogP contribution in [0.5, 0.6) is 0 Å². The number of benzene rings is 1. The molecule has 2 rings (SSSR count). The summed E-state index contributed by atoms with van der Waals surface area (Å²) < 4.78 is 0. The number of hydrogen-bond acceptors (Lipinski definition) is 2. The molecule has 0 radical (unpaired) electrons. The van der Waals surface area contributed by atoms with Crippen molar-refractivity contribution >= 4 is 0 Å². The number of hydrogen-bond donors (Lipinski definition) is 1. The van der Waals surface area contributed by atoms with Crippen LogP contribution in [0.15, 0.2) is 18.2 Å². The molecule has 2 heteroatoms. The van der Waals surface area contributed by atoms with E-state index in [0.29, 0.717) is 12.0 Å². The highest BCUT2D eigenvalue weighted by atomic mass is 15.2. The lowest BCUT2D eigenvalue weighted by Crippen LogP contribution is -2.46. The summed E-state index contributed by atoms with van der Waals surface area (Å²) in [5, 5.41) is 3.47. The number of piperazine rings is 1. The molecule has 1 aliphatic rings. The van der Waals surface area contributed by atoms with Gasteiger partial charge < -0.3 is 5.32 Å². The second-order valence-corrected chi connectivity index (χ2v) is 5.92. The van der Waals surface area contributed by atoms with Gasteiger partial charge in [0, 0.05) is 32.2 Å². The highest BCUT2D eigenvalue weighted by Crippen LogP contribution is 2.34. The Morgan fingerprint density at radius 3 is 2.26 bits per heavy atom. The molecule has 1 heterocycles. The Morgan fingerprint density at radius 2 is 1.74 bits per heavy atom. The van der Waals surface area contributed by atoms with Crippen molar-refractivity contribution in [3.05, 3.63) is 34.9 Å². The molecule has 0 saturated carbocycles. The minimum Gasteiger partial charge on any atom is -0.314 e. The SMILES string of the molecule is CCC(C)[C@@H](c1c(C)cccc1C)N1CCNCC1. The van der Waals surface area contributed by atoms with Gasteiger partial charge in [-0.2, -0.15) is 0 Å². The van der Waals surface area contributed by atoms with E-state index < -0.39 is 0 Å². The first kappa shape index (κ1) is 14.5. The van der Waals surface area contributed by atoms with Crippen molar-refractivity contribution in [2.45, 2.75) is 40.2 Å². The van der Waals surface area contributed by atoms with Crippen LogP contribution >= 0.6 is 0 Å². The van der Waals surface area contributed by atoms with Crippen molar-refractivity contribution in [2.24, 2.45) is 5.92 Å². The molecule has 1 saturated heterocycles. The number of rotatable bonds is 4. The minimum atomic E-state index is 0.577. The van der Waals surface area contributed by atoms with E-state index in [1.807, 2.05) is 0 Å². The molecule has 0 amide bonds. The summed E-state index contributed by atoms with van der Waals surface area (Å²) in [6, 6.07) is 7.28. The molecule has 1 aromatic carbocycles. The maximum absolute atomic E-state index is 3.47. The quantitative estimate of drug-likeness (QED) is 0.893. The summed E-state index contributed by atoms with van der Waals surface area (Å²) in [5.41, 5.74) is 4.46. The third-order valence-corrected chi connectivity index (χ3v) is 4.57. The van der Waals surface area contributed by atoms with E-state index in [9.17, 15) is 0 Å². The average Bonchev–Trinajstić information content (AvgIpc) is 2.43. The topological polar surface area (TPSA) is 15.3 Å². The Kier molecular flexibility index (Phi) is 5.00. The monoisotopic (exact) mass is 260 g/mol. The van der Waals surface area contributed by atoms with Crippen LogP contribution in [0.4, 0.5) is 0 Å². The lowest BCUT2D eigenvalue weighted by Gasteiger charge is -2.39. The van der Waals surface area contributed by atoms with E-state index in [0.717, 1.165) is 13.1 Å². The van der Waals surface area contributed by atoms with Crippen molar-refractivity contribution in [1.29, 1.82) is 0 Å². The third kappa shape index (κ3) is 3.18. The molecule has 2 atom stereocenters. The Morgan fingerprint density at radius 1 is 1.16 bits per heavy atom. The van der Waals surface area contributed by atoms with Gasteiger partial charge in [-0.05, 0) is 36.5 Å². The van der Waals surface area contributed by atoms with Crippen LogP contribution in [0.3, 0.4) is 0 Å². The van der Waals surface area contributed by atoms with Crippen molar-refractivity contribution < 1.29 is 0 Å². The van der Waals surface area contributed by atoms with Crippen LogP contribution in [0.25, 0.3) is 0 Å². The molecule has 1 aromatic rings. The van der Waals surface area contributed by atoms with Crippen molar-refractivity contribution in [3.8, 4) is 0 Å². The summed E-state index contributed by atoms with van der Waals surface area (Å²) >= 11 is 0. The molecule has 1 fully saturated rings. The lowest BCUT2D eigenvalue weighted by molar-refractivity contribution is 0.127. The van der Waals surface area contributed by atoms with Crippen molar-refractivity contribution in [2.75, 3.05) is 26.2 Å². The average molecular weight is 260 g/mol. The lowest BCUT2D eigenvalue weighted by atomic mass is 9.85. The van der Waals surface area contributed by atoms with E-state index in [2.05, 4.69) is 56.1 Å². The fraction of sp³-hybridized carbons (Fsp3) is 0.647. The van der Waals surface area contributed by atoms with Crippen LogP contribution in [0.2, 0.25) is 0 Å². The third-order valence-electron chi connectivity index (χ3n) is 4.57. The van der Waals surface area contributed by atoms with Gasteiger partial charge in [0.15, 0.2) is 0 Å². The second-order valence-electron chi connectivity index (χ2n) is 5.92. The summed E-state index contributed by atoms with van der Waals surface area (Å²) in [7, 11) is 0. The van der Waals surface area contributed by atoms with E-state index in [-0.39, 0.29) is 0 Å². The molecular formula is C17H28N2. The Labute approximate surface area is 118 Å².